The molecule has 5 aromatic rings. The number of nitrogens with zero attached hydrogens (tertiary/aromatic N) is 2. The first-order valence-electron chi connectivity index (χ1n) is 12.3. The molecule has 1 amide bonds. The van der Waals surface area contributed by atoms with Gasteiger partial charge in [0.05, 0.1) is 22.9 Å². The highest BCUT2D eigenvalue weighted by Gasteiger charge is 2.24. The van der Waals surface area contributed by atoms with Crippen molar-refractivity contribution in [2.75, 3.05) is 11.9 Å². The van der Waals surface area contributed by atoms with Crippen molar-refractivity contribution in [2.24, 2.45) is 0 Å². The van der Waals surface area contributed by atoms with Crippen molar-refractivity contribution < 1.29 is 9.53 Å². The zero-order valence-corrected chi connectivity index (χ0v) is 22.9. The predicted octanol–water partition coefficient (Wildman–Crippen LogP) is 6.94. The molecule has 0 saturated heterocycles. The van der Waals surface area contributed by atoms with E-state index >= 15 is 0 Å². The summed E-state index contributed by atoms with van der Waals surface area (Å²) in [6.45, 7) is 6.33. The molecule has 38 heavy (non-hydrogen) atoms. The summed E-state index contributed by atoms with van der Waals surface area (Å²) in [5.74, 6) is 0.568. The molecule has 0 fully saturated rings. The van der Waals surface area contributed by atoms with Gasteiger partial charge in [-0.1, -0.05) is 60.3 Å². The zero-order chi connectivity index (χ0) is 26.6. The molecule has 3 aromatic carbocycles. The maximum atomic E-state index is 14.1. The number of nitrogens with one attached hydrogen (secondary N) is 1. The summed E-state index contributed by atoms with van der Waals surface area (Å²) in [4.78, 5) is 33.8. The van der Waals surface area contributed by atoms with Crippen LogP contribution in [0, 0.1) is 6.92 Å². The molecule has 5 rings (SSSR count). The standard InChI is InChI=1S/C30H27N3O3S2/c1-4-36-24-17-15-22(16-18-24)31-27(34)20(3)38-30-32-28-26(29(35)33(30)23-13-9-6-10-14-23)25(19(2)37-28)21-11-7-5-8-12-21/h5-18,20H,4H2,1-3H3,(H,31,34). The SMILES string of the molecule is CCOc1ccc(NC(=O)C(C)Sc2nc3sc(C)c(-c4ccccc4)c3c(=O)n2-c2ccccc2)cc1. The van der Waals surface area contributed by atoms with Crippen LogP contribution in [0.3, 0.4) is 0 Å². The minimum Gasteiger partial charge on any atom is -0.494 e. The summed E-state index contributed by atoms with van der Waals surface area (Å²) >= 11 is 2.76. The Balaban J connectivity index is 1.53. The Bertz CT molecular complexity index is 1630. The molecule has 1 atom stereocenters. The zero-order valence-electron chi connectivity index (χ0n) is 21.3. The number of aromatic nitrogens is 2. The Morgan fingerprint density at radius 2 is 1.68 bits per heavy atom. The summed E-state index contributed by atoms with van der Waals surface area (Å²) in [5.41, 5.74) is 3.13. The van der Waals surface area contributed by atoms with Crippen LogP contribution in [-0.2, 0) is 4.79 Å². The number of aryl methyl sites for hydroxylation is 1. The van der Waals surface area contributed by atoms with E-state index in [0.29, 0.717) is 33.4 Å². The molecule has 6 nitrogen and oxygen atoms in total. The smallest absolute Gasteiger partial charge is 0.268 e. The number of hydrogen-bond acceptors (Lipinski definition) is 6. The van der Waals surface area contributed by atoms with E-state index < -0.39 is 5.25 Å². The van der Waals surface area contributed by atoms with E-state index in [2.05, 4.69) is 5.32 Å². The lowest BCUT2D eigenvalue weighted by Crippen LogP contribution is -2.26. The number of para-hydroxylation sites is 1. The first-order chi connectivity index (χ1) is 18.5. The fourth-order valence-corrected chi connectivity index (χ4v) is 6.25. The van der Waals surface area contributed by atoms with E-state index in [1.54, 1.807) is 4.57 Å². The second-order valence-electron chi connectivity index (χ2n) is 8.66. The van der Waals surface area contributed by atoms with E-state index in [4.69, 9.17) is 9.72 Å². The molecule has 0 radical (unpaired) electrons. The number of carbonyl (C=O) groups excluding carboxylic acids is 1. The third-order valence-electron chi connectivity index (χ3n) is 6.03. The van der Waals surface area contributed by atoms with E-state index in [9.17, 15) is 9.59 Å². The molecule has 0 aliphatic heterocycles. The molecule has 192 valence electrons. The number of hydrogen-bond donors (Lipinski definition) is 1. The maximum Gasteiger partial charge on any atom is 0.268 e. The monoisotopic (exact) mass is 541 g/mol. The van der Waals surface area contributed by atoms with Crippen molar-refractivity contribution in [3.63, 3.8) is 0 Å². The van der Waals surface area contributed by atoms with Gasteiger partial charge in [-0.2, -0.15) is 0 Å². The van der Waals surface area contributed by atoms with Gasteiger partial charge < -0.3 is 10.1 Å². The molecule has 0 saturated carbocycles. The number of anilines is 1. The second kappa shape index (κ2) is 11.2. The lowest BCUT2D eigenvalue weighted by atomic mass is 10.0. The number of amides is 1. The Morgan fingerprint density at radius 1 is 1.03 bits per heavy atom. The largest absolute Gasteiger partial charge is 0.494 e. The van der Waals surface area contributed by atoms with E-state index in [-0.39, 0.29) is 11.5 Å². The van der Waals surface area contributed by atoms with Crippen molar-refractivity contribution in [1.82, 2.24) is 9.55 Å². The fraction of sp³-hybridized carbons (Fsp3) is 0.167. The average Bonchev–Trinajstić information content (AvgIpc) is 3.27. The number of fused-ring (bicyclic) bond motifs is 1. The van der Waals surface area contributed by atoms with Crippen molar-refractivity contribution in [2.45, 2.75) is 31.2 Å². The summed E-state index contributed by atoms with van der Waals surface area (Å²) in [6, 6.07) is 26.6. The van der Waals surface area contributed by atoms with E-state index in [0.717, 1.165) is 21.8 Å². The lowest BCUT2D eigenvalue weighted by Gasteiger charge is -2.16. The first kappa shape index (κ1) is 25.8. The molecule has 0 spiro atoms. The maximum absolute atomic E-state index is 14.1. The highest BCUT2D eigenvalue weighted by atomic mass is 32.2. The Kier molecular flexibility index (Phi) is 7.62. The quantitative estimate of drug-likeness (QED) is 0.170. The average molecular weight is 542 g/mol. The molecular formula is C30H27N3O3S2. The minimum atomic E-state index is -0.504. The molecule has 2 aromatic heterocycles. The topological polar surface area (TPSA) is 73.2 Å². The number of rotatable bonds is 8. The highest BCUT2D eigenvalue weighted by Crippen LogP contribution is 2.37. The first-order valence-corrected chi connectivity index (χ1v) is 14.0. The van der Waals surface area contributed by atoms with Crippen LogP contribution in [0.25, 0.3) is 27.0 Å². The van der Waals surface area contributed by atoms with Crippen LogP contribution in [-0.4, -0.2) is 27.3 Å². The van der Waals surface area contributed by atoms with Gasteiger partial charge in [-0.25, -0.2) is 4.98 Å². The molecular weight excluding hydrogens is 514 g/mol. The predicted molar refractivity (Wildman–Crippen MR) is 157 cm³/mol. The second-order valence-corrected chi connectivity index (χ2v) is 11.2. The number of ether oxygens (including phenoxy) is 1. The number of benzene rings is 3. The summed E-state index contributed by atoms with van der Waals surface area (Å²) in [7, 11) is 0. The van der Waals surface area contributed by atoms with Gasteiger partial charge in [0.15, 0.2) is 5.16 Å². The van der Waals surface area contributed by atoms with Crippen molar-refractivity contribution in [1.29, 1.82) is 0 Å². The molecule has 0 bridgehead atoms. The molecule has 8 heteroatoms. The minimum absolute atomic E-state index is 0.147. The van der Waals surface area contributed by atoms with Gasteiger partial charge in [0, 0.05) is 16.1 Å². The normalized spacial score (nSPS) is 11.9. The Morgan fingerprint density at radius 3 is 2.34 bits per heavy atom. The van der Waals surface area contributed by atoms with Crippen molar-refractivity contribution >= 4 is 44.9 Å². The Labute approximate surface area is 229 Å². The van der Waals surface area contributed by atoms with Gasteiger partial charge in [-0.15, -0.1) is 11.3 Å². The lowest BCUT2D eigenvalue weighted by molar-refractivity contribution is -0.115. The molecule has 0 aliphatic carbocycles. The third kappa shape index (κ3) is 5.23. The van der Waals surface area contributed by atoms with Crippen LogP contribution in [0.5, 0.6) is 5.75 Å². The molecule has 1 unspecified atom stereocenters. The van der Waals surface area contributed by atoms with Crippen LogP contribution >= 0.6 is 23.1 Å². The molecule has 2 heterocycles. The van der Waals surface area contributed by atoms with Crippen LogP contribution in [0.2, 0.25) is 0 Å². The van der Waals surface area contributed by atoms with Crippen LogP contribution in [0.15, 0.2) is 94.9 Å². The van der Waals surface area contributed by atoms with Crippen molar-refractivity contribution in [3.05, 3.63) is 100 Å². The van der Waals surface area contributed by atoms with E-state index in [1.165, 1.54) is 23.1 Å². The van der Waals surface area contributed by atoms with Gasteiger partial charge in [-0.05, 0) is 62.7 Å². The van der Waals surface area contributed by atoms with Gasteiger partial charge in [0.2, 0.25) is 5.91 Å². The van der Waals surface area contributed by atoms with Gasteiger partial charge in [0.1, 0.15) is 10.6 Å². The molecule has 0 aliphatic rings. The highest BCUT2D eigenvalue weighted by molar-refractivity contribution is 8.00. The van der Waals surface area contributed by atoms with E-state index in [1.807, 2.05) is 106 Å². The Hall–Kier alpha value is -3.88. The summed E-state index contributed by atoms with van der Waals surface area (Å²) in [5, 5.41) is 3.52. The van der Waals surface area contributed by atoms with Crippen LogP contribution in [0.4, 0.5) is 5.69 Å². The summed E-state index contributed by atoms with van der Waals surface area (Å²) < 4.78 is 7.09. The number of thiophene rings is 1. The van der Waals surface area contributed by atoms with Crippen LogP contribution < -0.4 is 15.6 Å². The summed E-state index contributed by atoms with van der Waals surface area (Å²) in [6.07, 6.45) is 0. The van der Waals surface area contributed by atoms with Crippen molar-refractivity contribution in [3.8, 4) is 22.6 Å². The third-order valence-corrected chi connectivity index (χ3v) is 8.08. The number of carbonyl (C=O) groups is 1. The van der Waals surface area contributed by atoms with Crippen LogP contribution in [0.1, 0.15) is 18.7 Å². The fourth-order valence-electron chi connectivity index (χ4n) is 4.24. The number of thioether (sulfide) groups is 1. The van der Waals surface area contributed by atoms with Gasteiger partial charge >= 0.3 is 0 Å². The van der Waals surface area contributed by atoms with Gasteiger partial charge in [0.25, 0.3) is 5.56 Å². The van der Waals surface area contributed by atoms with Gasteiger partial charge in [-0.3, -0.25) is 14.2 Å². The molecule has 1 N–H and O–H groups in total.